The van der Waals surface area contributed by atoms with Gasteiger partial charge in [0.2, 0.25) is 0 Å². The van der Waals surface area contributed by atoms with Gasteiger partial charge in [-0.3, -0.25) is 4.79 Å². The van der Waals surface area contributed by atoms with E-state index in [-0.39, 0.29) is 12.5 Å². The minimum atomic E-state index is -0.619. The number of ether oxygens (including phenoxy) is 1. The Balaban J connectivity index is 2.40. The average molecular weight is 274 g/mol. The Morgan fingerprint density at radius 2 is 2.40 bits per heavy atom. The van der Waals surface area contributed by atoms with Gasteiger partial charge in [-0.2, -0.15) is 0 Å². The molecule has 1 aliphatic heterocycles. The van der Waals surface area contributed by atoms with Crippen LogP contribution in [0.15, 0.2) is 22.7 Å². The topological polar surface area (TPSA) is 38.3 Å². The highest BCUT2D eigenvalue weighted by Gasteiger charge is 2.22. The SMILES string of the molecule is O=C1NCC(CF)Oc2cc(Br)ccc21. The predicted molar refractivity (Wildman–Crippen MR) is 56.9 cm³/mol. The quantitative estimate of drug-likeness (QED) is 0.849. The van der Waals surface area contributed by atoms with Crippen LogP contribution in [-0.2, 0) is 0 Å². The fourth-order valence-electron chi connectivity index (χ4n) is 1.39. The van der Waals surface area contributed by atoms with Crippen LogP contribution in [0.3, 0.4) is 0 Å². The number of carbonyl (C=O) groups excluding carboxylic acids is 1. The van der Waals surface area contributed by atoms with Crippen LogP contribution in [0.1, 0.15) is 10.4 Å². The summed E-state index contributed by atoms with van der Waals surface area (Å²) in [5.41, 5.74) is 0.439. The molecular formula is C10H9BrFNO2. The summed E-state index contributed by atoms with van der Waals surface area (Å²) in [5.74, 6) is 0.190. The molecule has 1 atom stereocenters. The second-order valence-corrected chi connectivity index (χ2v) is 4.16. The number of amides is 1. The number of carbonyl (C=O) groups is 1. The van der Waals surface area contributed by atoms with Crippen molar-refractivity contribution in [3.8, 4) is 5.75 Å². The highest BCUT2D eigenvalue weighted by molar-refractivity contribution is 9.10. The van der Waals surface area contributed by atoms with Gasteiger partial charge in [-0.05, 0) is 18.2 Å². The molecule has 0 radical (unpaired) electrons. The van der Waals surface area contributed by atoms with E-state index in [4.69, 9.17) is 4.74 Å². The van der Waals surface area contributed by atoms with E-state index in [1.54, 1.807) is 18.2 Å². The average Bonchev–Trinajstić information content (AvgIpc) is 2.38. The molecule has 1 aliphatic rings. The van der Waals surface area contributed by atoms with E-state index in [2.05, 4.69) is 21.2 Å². The van der Waals surface area contributed by atoms with E-state index < -0.39 is 12.8 Å². The maximum Gasteiger partial charge on any atom is 0.255 e. The van der Waals surface area contributed by atoms with Gasteiger partial charge in [-0.1, -0.05) is 15.9 Å². The Morgan fingerprint density at radius 1 is 1.60 bits per heavy atom. The summed E-state index contributed by atoms with van der Waals surface area (Å²) >= 11 is 3.27. The number of rotatable bonds is 1. The summed E-state index contributed by atoms with van der Waals surface area (Å²) in [6.07, 6.45) is -0.607. The van der Waals surface area contributed by atoms with E-state index in [1.165, 1.54) is 0 Å². The van der Waals surface area contributed by atoms with E-state index >= 15 is 0 Å². The molecule has 0 saturated heterocycles. The van der Waals surface area contributed by atoms with Crippen molar-refractivity contribution < 1.29 is 13.9 Å². The summed E-state index contributed by atoms with van der Waals surface area (Å²) in [5, 5.41) is 2.60. The van der Waals surface area contributed by atoms with Crippen LogP contribution in [0.4, 0.5) is 4.39 Å². The lowest BCUT2D eigenvalue weighted by Crippen LogP contribution is -2.33. The molecule has 3 nitrogen and oxygen atoms in total. The van der Waals surface area contributed by atoms with Gasteiger partial charge >= 0.3 is 0 Å². The summed E-state index contributed by atoms with van der Waals surface area (Å²) < 4.78 is 18.7. The van der Waals surface area contributed by atoms with E-state index in [0.717, 1.165) is 4.47 Å². The molecule has 0 fully saturated rings. The standard InChI is InChI=1S/C10H9BrFNO2/c11-6-1-2-8-9(3-6)15-7(4-12)5-13-10(8)14/h1-3,7H,4-5H2,(H,13,14). The summed E-state index contributed by atoms with van der Waals surface area (Å²) in [7, 11) is 0. The first-order chi connectivity index (χ1) is 7.20. The lowest BCUT2D eigenvalue weighted by atomic mass is 10.2. The van der Waals surface area contributed by atoms with Gasteiger partial charge in [0, 0.05) is 4.47 Å². The van der Waals surface area contributed by atoms with Crippen molar-refractivity contribution in [1.82, 2.24) is 5.32 Å². The largest absolute Gasteiger partial charge is 0.485 e. The smallest absolute Gasteiger partial charge is 0.255 e. The van der Waals surface area contributed by atoms with E-state index in [1.807, 2.05) is 0 Å². The van der Waals surface area contributed by atoms with E-state index in [9.17, 15) is 9.18 Å². The van der Waals surface area contributed by atoms with Crippen LogP contribution >= 0.6 is 15.9 Å². The maximum absolute atomic E-state index is 12.5. The van der Waals surface area contributed by atoms with Crippen molar-refractivity contribution in [2.45, 2.75) is 6.10 Å². The lowest BCUT2D eigenvalue weighted by molar-refractivity contribution is 0.0947. The minimum Gasteiger partial charge on any atom is -0.485 e. The Bertz CT molecular complexity index is 397. The first-order valence-electron chi connectivity index (χ1n) is 4.51. The van der Waals surface area contributed by atoms with Gasteiger partial charge in [-0.25, -0.2) is 4.39 Å². The van der Waals surface area contributed by atoms with E-state index in [0.29, 0.717) is 11.3 Å². The molecule has 0 aromatic heterocycles. The molecule has 1 heterocycles. The lowest BCUT2D eigenvalue weighted by Gasteiger charge is -2.12. The molecule has 2 rings (SSSR count). The first-order valence-corrected chi connectivity index (χ1v) is 5.30. The summed E-state index contributed by atoms with van der Waals surface area (Å²) in [4.78, 5) is 11.5. The van der Waals surface area contributed by atoms with Crippen LogP contribution in [0, 0.1) is 0 Å². The monoisotopic (exact) mass is 273 g/mol. The summed E-state index contributed by atoms with van der Waals surface area (Å²) in [6, 6.07) is 5.07. The fraction of sp³-hybridized carbons (Fsp3) is 0.300. The third kappa shape index (κ3) is 2.12. The Morgan fingerprint density at radius 3 is 3.13 bits per heavy atom. The van der Waals surface area contributed by atoms with Gasteiger partial charge in [-0.15, -0.1) is 0 Å². The molecule has 0 aliphatic carbocycles. The normalized spacial score (nSPS) is 19.9. The maximum atomic E-state index is 12.5. The van der Waals surface area contributed by atoms with Gasteiger partial charge in [0.1, 0.15) is 18.5 Å². The number of hydrogen-bond donors (Lipinski definition) is 1. The third-order valence-corrected chi connectivity index (χ3v) is 2.64. The number of benzene rings is 1. The number of nitrogens with one attached hydrogen (secondary N) is 1. The molecule has 0 saturated carbocycles. The van der Waals surface area contributed by atoms with Crippen LogP contribution in [0.2, 0.25) is 0 Å². The number of hydrogen-bond acceptors (Lipinski definition) is 2. The zero-order valence-corrected chi connectivity index (χ0v) is 9.38. The molecule has 1 unspecified atom stereocenters. The van der Waals surface area contributed by atoms with Crippen LogP contribution in [0.5, 0.6) is 5.75 Å². The second-order valence-electron chi connectivity index (χ2n) is 3.24. The predicted octanol–water partition coefficient (Wildman–Crippen LogP) is 1.91. The van der Waals surface area contributed by atoms with Crippen molar-refractivity contribution >= 4 is 21.8 Å². The highest BCUT2D eigenvalue weighted by atomic mass is 79.9. The van der Waals surface area contributed by atoms with Crippen LogP contribution in [-0.4, -0.2) is 25.2 Å². The highest BCUT2D eigenvalue weighted by Crippen LogP contribution is 2.26. The minimum absolute atomic E-state index is 0.196. The fourth-order valence-corrected chi connectivity index (χ4v) is 1.73. The molecule has 80 valence electrons. The Kier molecular flexibility index (Phi) is 2.90. The molecule has 1 amide bonds. The molecule has 1 aromatic carbocycles. The molecule has 0 spiro atoms. The van der Waals surface area contributed by atoms with Crippen LogP contribution in [0.25, 0.3) is 0 Å². The zero-order valence-electron chi connectivity index (χ0n) is 7.80. The van der Waals surface area contributed by atoms with Gasteiger partial charge < -0.3 is 10.1 Å². The molecular weight excluding hydrogens is 265 g/mol. The van der Waals surface area contributed by atoms with Gasteiger partial charge in [0.25, 0.3) is 5.91 Å². The third-order valence-electron chi connectivity index (χ3n) is 2.14. The molecule has 1 N–H and O–H groups in total. The molecule has 0 bridgehead atoms. The molecule has 1 aromatic rings. The molecule has 15 heavy (non-hydrogen) atoms. The number of halogens is 2. The second kappa shape index (κ2) is 4.18. The number of fused-ring (bicyclic) bond motifs is 1. The summed E-state index contributed by atoms with van der Waals surface area (Å²) in [6.45, 7) is -0.423. The number of alkyl halides is 1. The molecule has 5 heteroatoms. The van der Waals surface area contributed by atoms with Crippen LogP contribution < -0.4 is 10.1 Å². The Hall–Kier alpha value is -1.10. The van der Waals surface area contributed by atoms with Crippen molar-refractivity contribution in [1.29, 1.82) is 0 Å². The Labute approximate surface area is 94.7 Å². The van der Waals surface area contributed by atoms with Gasteiger partial charge in [0.15, 0.2) is 0 Å². The van der Waals surface area contributed by atoms with Crippen molar-refractivity contribution in [3.63, 3.8) is 0 Å². The van der Waals surface area contributed by atoms with Crippen molar-refractivity contribution in [3.05, 3.63) is 28.2 Å². The van der Waals surface area contributed by atoms with Crippen molar-refractivity contribution in [2.75, 3.05) is 13.2 Å². The van der Waals surface area contributed by atoms with Crippen molar-refractivity contribution in [2.24, 2.45) is 0 Å². The zero-order chi connectivity index (χ0) is 10.8. The van der Waals surface area contributed by atoms with Gasteiger partial charge in [0.05, 0.1) is 12.1 Å². The first kappa shape index (κ1) is 10.4.